The Kier molecular flexibility index (Phi) is 6.79. The van der Waals surface area contributed by atoms with Crippen LogP contribution >= 0.6 is 12.2 Å². The van der Waals surface area contributed by atoms with Crippen LogP contribution in [-0.2, 0) is 20.9 Å². The fraction of sp³-hybridized carbons (Fsp3) is 0.273. The van der Waals surface area contributed by atoms with Gasteiger partial charge in [-0.1, -0.05) is 30.3 Å². The number of nitrogens with zero attached hydrogens (tertiary/aromatic N) is 2. The van der Waals surface area contributed by atoms with Gasteiger partial charge in [0.25, 0.3) is 5.91 Å². The number of likely N-dealkylation sites (N-methyl/N-ethyl adjacent to an activating group) is 1. The summed E-state index contributed by atoms with van der Waals surface area (Å²) in [6, 6.07) is 15.4. The molecule has 3 rings (SSSR count). The number of nitrogens with one attached hydrogen (secondary N) is 1. The van der Waals surface area contributed by atoms with Crippen molar-refractivity contribution in [3.63, 3.8) is 0 Å². The Morgan fingerprint density at radius 2 is 1.77 bits per heavy atom. The van der Waals surface area contributed by atoms with Gasteiger partial charge in [-0.3, -0.25) is 14.5 Å². The topological polar surface area (TPSA) is 79.0 Å². The quantitative estimate of drug-likeness (QED) is 0.543. The van der Waals surface area contributed by atoms with E-state index in [4.69, 9.17) is 12.2 Å². The number of carbonyl (C=O) groups excluding carboxylic acids is 3. The van der Waals surface area contributed by atoms with Crippen molar-refractivity contribution in [3.8, 4) is 0 Å². The van der Waals surface area contributed by atoms with Gasteiger partial charge in [0.2, 0.25) is 5.91 Å². The lowest BCUT2D eigenvalue weighted by Gasteiger charge is -2.23. The third-order valence-electron chi connectivity index (χ3n) is 4.88. The molecule has 0 spiro atoms. The molecule has 1 aliphatic heterocycles. The molecule has 0 aliphatic carbocycles. The average molecular weight is 426 g/mol. The van der Waals surface area contributed by atoms with Crippen LogP contribution in [0.3, 0.4) is 0 Å². The molecule has 156 valence electrons. The maximum Gasteiger partial charge on any atom is 0.337 e. The molecule has 7 nitrogen and oxygen atoms in total. The molecule has 2 aromatic carbocycles. The Labute approximate surface area is 180 Å². The number of hydrogen-bond acceptors (Lipinski definition) is 5. The van der Waals surface area contributed by atoms with Gasteiger partial charge in [-0.2, -0.15) is 0 Å². The van der Waals surface area contributed by atoms with Crippen molar-refractivity contribution in [2.75, 3.05) is 19.0 Å². The zero-order valence-electron chi connectivity index (χ0n) is 16.8. The molecular weight excluding hydrogens is 402 g/mol. The van der Waals surface area contributed by atoms with E-state index in [0.29, 0.717) is 29.5 Å². The van der Waals surface area contributed by atoms with E-state index in [-0.39, 0.29) is 18.2 Å². The molecule has 1 aliphatic rings. The van der Waals surface area contributed by atoms with Crippen molar-refractivity contribution in [1.29, 1.82) is 0 Å². The van der Waals surface area contributed by atoms with Gasteiger partial charge in [0.15, 0.2) is 5.11 Å². The van der Waals surface area contributed by atoms with E-state index in [1.54, 1.807) is 29.2 Å². The van der Waals surface area contributed by atoms with Crippen LogP contribution in [-0.4, -0.2) is 52.4 Å². The van der Waals surface area contributed by atoms with E-state index >= 15 is 0 Å². The summed E-state index contributed by atoms with van der Waals surface area (Å²) in [6.07, 6.45) is -0.0267. The summed E-state index contributed by atoms with van der Waals surface area (Å²) >= 11 is 5.50. The van der Waals surface area contributed by atoms with E-state index < -0.39 is 12.0 Å². The van der Waals surface area contributed by atoms with E-state index in [0.717, 1.165) is 5.56 Å². The third-order valence-corrected chi connectivity index (χ3v) is 5.34. The Bertz CT molecular complexity index is 947. The Morgan fingerprint density at radius 1 is 1.10 bits per heavy atom. The third kappa shape index (κ3) is 4.65. The fourth-order valence-electron chi connectivity index (χ4n) is 3.34. The van der Waals surface area contributed by atoms with Crippen molar-refractivity contribution in [2.24, 2.45) is 0 Å². The molecular formula is C22H23N3O4S. The lowest BCUT2D eigenvalue weighted by Crippen LogP contribution is -2.37. The molecule has 1 fully saturated rings. The van der Waals surface area contributed by atoms with Crippen molar-refractivity contribution in [1.82, 2.24) is 9.80 Å². The molecule has 0 unspecified atom stereocenters. The molecule has 1 N–H and O–H groups in total. The SMILES string of the molecule is CCN1C(=O)[C@H](CC(=O)Nc2ccc(C(=O)OC)cc2)N(Cc2ccccc2)C1=S. The van der Waals surface area contributed by atoms with Gasteiger partial charge >= 0.3 is 5.97 Å². The predicted molar refractivity (Wildman–Crippen MR) is 117 cm³/mol. The van der Waals surface area contributed by atoms with Crippen LogP contribution in [0.25, 0.3) is 0 Å². The number of methoxy groups -OCH3 is 1. The molecule has 0 aromatic heterocycles. The number of thiocarbonyl (C=S) groups is 1. The number of esters is 1. The molecule has 0 bridgehead atoms. The minimum atomic E-state index is -0.660. The second-order valence-corrected chi connectivity index (χ2v) is 7.18. The minimum absolute atomic E-state index is 0.0267. The zero-order chi connectivity index (χ0) is 21.7. The molecule has 1 saturated heterocycles. The van der Waals surface area contributed by atoms with Gasteiger partial charge in [0, 0.05) is 18.8 Å². The van der Waals surface area contributed by atoms with Crippen LogP contribution in [0.1, 0.15) is 29.3 Å². The first-order valence-electron chi connectivity index (χ1n) is 9.58. The van der Waals surface area contributed by atoms with Gasteiger partial charge in [0.05, 0.1) is 19.1 Å². The highest BCUT2D eigenvalue weighted by molar-refractivity contribution is 7.80. The number of rotatable bonds is 7. The summed E-state index contributed by atoms with van der Waals surface area (Å²) in [5.74, 6) is -0.929. The maximum absolute atomic E-state index is 12.9. The summed E-state index contributed by atoms with van der Waals surface area (Å²) < 4.78 is 4.66. The summed E-state index contributed by atoms with van der Waals surface area (Å²) in [7, 11) is 1.31. The Balaban J connectivity index is 1.71. The van der Waals surface area contributed by atoms with Gasteiger partial charge in [-0.15, -0.1) is 0 Å². The van der Waals surface area contributed by atoms with E-state index in [1.807, 2.05) is 37.3 Å². The van der Waals surface area contributed by atoms with Crippen molar-refractivity contribution < 1.29 is 19.1 Å². The zero-order valence-corrected chi connectivity index (χ0v) is 17.6. The second-order valence-electron chi connectivity index (χ2n) is 6.82. The summed E-state index contributed by atoms with van der Waals surface area (Å²) in [4.78, 5) is 40.3. The number of ether oxygens (including phenoxy) is 1. The van der Waals surface area contributed by atoms with E-state index in [1.165, 1.54) is 12.0 Å². The maximum atomic E-state index is 12.9. The number of anilines is 1. The Morgan fingerprint density at radius 3 is 2.37 bits per heavy atom. The van der Waals surface area contributed by atoms with Crippen LogP contribution in [0.15, 0.2) is 54.6 Å². The number of hydrogen-bond donors (Lipinski definition) is 1. The first-order chi connectivity index (χ1) is 14.4. The smallest absolute Gasteiger partial charge is 0.337 e. The van der Waals surface area contributed by atoms with Crippen LogP contribution in [0.5, 0.6) is 0 Å². The molecule has 0 radical (unpaired) electrons. The lowest BCUT2D eigenvalue weighted by molar-refractivity contribution is -0.130. The Hall–Kier alpha value is -3.26. The highest BCUT2D eigenvalue weighted by Gasteiger charge is 2.42. The van der Waals surface area contributed by atoms with Crippen LogP contribution in [0.4, 0.5) is 5.69 Å². The van der Waals surface area contributed by atoms with Crippen LogP contribution < -0.4 is 5.32 Å². The van der Waals surface area contributed by atoms with Crippen molar-refractivity contribution in [3.05, 3.63) is 65.7 Å². The number of benzene rings is 2. The van der Waals surface area contributed by atoms with Crippen LogP contribution in [0.2, 0.25) is 0 Å². The predicted octanol–water partition coefficient (Wildman–Crippen LogP) is 2.82. The number of carbonyl (C=O) groups is 3. The molecule has 2 amide bonds. The molecule has 2 aromatic rings. The highest BCUT2D eigenvalue weighted by atomic mass is 32.1. The van der Waals surface area contributed by atoms with Gasteiger partial charge in [0.1, 0.15) is 6.04 Å². The second kappa shape index (κ2) is 9.49. The van der Waals surface area contributed by atoms with Gasteiger partial charge in [-0.05, 0) is 49.0 Å². The highest BCUT2D eigenvalue weighted by Crippen LogP contribution is 2.24. The molecule has 0 saturated carbocycles. The first kappa shape index (κ1) is 21.4. The summed E-state index contributed by atoms with van der Waals surface area (Å²) in [5.41, 5.74) is 1.93. The van der Waals surface area contributed by atoms with E-state index in [9.17, 15) is 14.4 Å². The molecule has 1 heterocycles. The normalized spacial score (nSPS) is 16.0. The van der Waals surface area contributed by atoms with Gasteiger partial charge in [-0.25, -0.2) is 4.79 Å². The largest absolute Gasteiger partial charge is 0.465 e. The molecule has 8 heteroatoms. The summed E-state index contributed by atoms with van der Waals surface area (Å²) in [5, 5.41) is 3.21. The fourth-order valence-corrected chi connectivity index (χ4v) is 3.75. The lowest BCUT2D eigenvalue weighted by atomic mass is 10.1. The summed E-state index contributed by atoms with van der Waals surface area (Å²) in [6.45, 7) is 2.76. The monoisotopic (exact) mass is 425 g/mol. The number of amides is 2. The molecule has 1 atom stereocenters. The van der Waals surface area contributed by atoms with E-state index in [2.05, 4.69) is 10.1 Å². The average Bonchev–Trinajstić information content (AvgIpc) is 2.97. The standard InChI is InChI=1S/C22H23N3O4S/c1-3-24-20(27)18(25(22(24)30)14-15-7-5-4-6-8-15)13-19(26)23-17-11-9-16(10-12-17)21(28)29-2/h4-12,18H,3,13-14H2,1-2H3,(H,23,26)/t18-/m0/s1. The van der Waals surface area contributed by atoms with Crippen molar-refractivity contribution >= 4 is 40.8 Å². The molecule has 30 heavy (non-hydrogen) atoms. The minimum Gasteiger partial charge on any atom is -0.465 e. The van der Waals surface area contributed by atoms with Gasteiger partial charge < -0.3 is 15.0 Å². The first-order valence-corrected chi connectivity index (χ1v) is 9.99. The van der Waals surface area contributed by atoms with Crippen LogP contribution in [0, 0.1) is 0 Å². The van der Waals surface area contributed by atoms with Crippen molar-refractivity contribution in [2.45, 2.75) is 25.9 Å².